The number of amides is 3. The average molecular weight is 321 g/mol. The Bertz CT molecular complexity index is 574. The Morgan fingerprint density at radius 1 is 1.00 bits per heavy atom. The first-order chi connectivity index (χ1) is 10.9. The van der Waals surface area contributed by atoms with Crippen molar-refractivity contribution in [3.63, 3.8) is 0 Å². The molecule has 0 fully saturated rings. The summed E-state index contributed by atoms with van der Waals surface area (Å²) >= 11 is 0. The fraction of sp³-hybridized carbons (Fsp3) is 0.333. The van der Waals surface area contributed by atoms with E-state index >= 15 is 0 Å². The molecule has 0 saturated heterocycles. The molecule has 0 heterocycles. The summed E-state index contributed by atoms with van der Waals surface area (Å²) in [6, 6.07) is 7.80. The van der Waals surface area contributed by atoms with E-state index in [-0.39, 0.29) is 25.4 Å². The molecule has 4 N–H and O–H groups in total. The molecule has 1 rings (SSSR count). The van der Waals surface area contributed by atoms with Crippen molar-refractivity contribution < 1.29 is 24.3 Å². The minimum absolute atomic E-state index is 0.141. The molecule has 8 nitrogen and oxygen atoms in total. The maximum Gasteiger partial charge on any atom is 0.326 e. The summed E-state index contributed by atoms with van der Waals surface area (Å²) in [6.45, 7) is 0.660. The Kier molecular flexibility index (Phi) is 7.25. The Balaban J connectivity index is 2.44. The third kappa shape index (κ3) is 7.60. The second-order valence-electron chi connectivity index (χ2n) is 4.83. The number of hydrogen-bond donors (Lipinski definition) is 4. The van der Waals surface area contributed by atoms with Gasteiger partial charge < -0.3 is 21.1 Å². The lowest BCUT2D eigenvalue weighted by Gasteiger charge is -2.15. The summed E-state index contributed by atoms with van der Waals surface area (Å²) in [6.07, 6.45) is 0.141. The molecule has 0 radical (unpaired) electrons. The highest BCUT2D eigenvalue weighted by molar-refractivity contribution is 5.89. The van der Waals surface area contributed by atoms with Crippen LogP contribution >= 0.6 is 0 Å². The van der Waals surface area contributed by atoms with Gasteiger partial charge in [-0.15, -0.1) is 0 Å². The van der Waals surface area contributed by atoms with Crippen LogP contribution in [0.3, 0.4) is 0 Å². The Morgan fingerprint density at radius 3 is 2.17 bits per heavy atom. The Morgan fingerprint density at radius 2 is 1.61 bits per heavy atom. The number of carbonyl (C=O) groups is 4. The highest BCUT2D eigenvalue weighted by Gasteiger charge is 2.20. The number of aliphatic carboxylic acids is 1. The number of carbonyl (C=O) groups excluding carboxylic acids is 3. The topological polar surface area (TPSA) is 125 Å². The molecule has 0 aliphatic carbocycles. The van der Waals surface area contributed by atoms with Crippen molar-refractivity contribution in [1.82, 2.24) is 16.0 Å². The fourth-order valence-corrected chi connectivity index (χ4v) is 1.74. The van der Waals surface area contributed by atoms with Crippen molar-refractivity contribution in [2.45, 2.75) is 19.4 Å². The third-order valence-corrected chi connectivity index (χ3v) is 2.86. The van der Waals surface area contributed by atoms with E-state index in [4.69, 9.17) is 5.11 Å². The summed E-state index contributed by atoms with van der Waals surface area (Å²) < 4.78 is 0. The van der Waals surface area contributed by atoms with Gasteiger partial charge in [0.05, 0.1) is 13.1 Å². The Labute approximate surface area is 133 Å². The van der Waals surface area contributed by atoms with Crippen molar-refractivity contribution in [2.24, 2.45) is 0 Å². The molecule has 1 aromatic rings. The van der Waals surface area contributed by atoms with Crippen LogP contribution in [0.15, 0.2) is 30.3 Å². The second kappa shape index (κ2) is 9.19. The third-order valence-electron chi connectivity index (χ3n) is 2.86. The predicted molar refractivity (Wildman–Crippen MR) is 81.4 cm³/mol. The maximum atomic E-state index is 11.7. The van der Waals surface area contributed by atoms with Gasteiger partial charge in [-0.3, -0.25) is 14.4 Å². The molecule has 23 heavy (non-hydrogen) atoms. The lowest BCUT2D eigenvalue weighted by molar-refractivity contribution is -0.141. The Hall–Kier alpha value is -2.90. The van der Waals surface area contributed by atoms with Gasteiger partial charge in [-0.25, -0.2) is 4.79 Å². The van der Waals surface area contributed by atoms with Gasteiger partial charge in [0, 0.05) is 13.3 Å². The molecule has 0 spiro atoms. The van der Waals surface area contributed by atoms with E-state index in [1.54, 1.807) is 24.3 Å². The molecule has 1 aromatic carbocycles. The zero-order valence-corrected chi connectivity index (χ0v) is 12.7. The summed E-state index contributed by atoms with van der Waals surface area (Å²) in [4.78, 5) is 44.9. The van der Waals surface area contributed by atoms with Crippen molar-refractivity contribution >= 4 is 23.7 Å². The zero-order valence-electron chi connectivity index (χ0n) is 12.7. The predicted octanol–water partition coefficient (Wildman–Crippen LogP) is -0.949. The molecule has 0 aliphatic rings. The van der Waals surface area contributed by atoms with Gasteiger partial charge in [0.2, 0.25) is 17.7 Å². The normalized spacial score (nSPS) is 11.2. The SMILES string of the molecule is CC(=O)NCC(=O)NCC(=O)N[C@@H](Cc1ccccc1)C(=O)O. The number of benzene rings is 1. The second-order valence-corrected chi connectivity index (χ2v) is 4.83. The van der Waals surface area contributed by atoms with Gasteiger partial charge in [-0.1, -0.05) is 30.3 Å². The highest BCUT2D eigenvalue weighted by atomic mass is 16.4. The van der Waals surface area contributed by atoms with E-state index in [2.05, 4.69) is 16.0 Å². The van der Waals surface area contributed by atoms with Gasteiger partial charge in [0.1, 0.15) is 6.04 Å². The van der Waals surface area contributed by atoms with E-state index in [1.807, 2.05) is 6.07 Å². The average Bonchev–Trinajstić information content (AvgIpc) is 2.51. The maximum absolute atomic E-state index is 11.7. The number of rotatable bonds is 8. The van der Waals surface area contributed by atoms with Gasteiger partial charge >= 0.3 is 5.97 Å². The smallest absolute Gasteiger partial charge is 0.326 e. The van der Waals surface area contributed by atoms with Crippen molar-refractivity contribution in [3.8, 4) is 0 Å². The molecule has 0 unspecified atom stereocenters. The van der Waals surface area contributed by atoms with Crippen LogP contribution < -0.4 is 16.0 Å². The largest absolute Gasteiger partial charge is 0.480 e. The number of carboxylic acid groups (broad SMARTS) is 1. The lowest BCUT2D eigenvalue weighted by atomic mass is 10.1. The summed E-state index contributed by atoms with van der Waals surface area (Å²) in [5, 5.41) is 16.1. The summed E-state index contributed by atoms with van der Waals surface area (Å²) in [7, 11) is 0. The van der Waals surface area contributed by atoms with Gasteiger partial charge in [0.15, 0.2) is 0 Å². The quantitative estimate of drug-likeness (QED) is 0.491. The summed E-state index contributed by atoms with van der Waals surface area (Å²) in [5.41, 5.74) is 0.773. The van der Waals surface area contributed by atoms with Crippen LogP contribution in [-0.4, -0.2) is 47.9 Å². The lowest BCUT2D eigenvalue weighted by Crippen LogP contribution is -2.47. The van der Waals surface area contributed by atoms with E-state index in [1.165, 1.54) is 6.92 Å². The minimum atomic E-state index is -1.16. The van der Waals surface area contributed by atoms with Gasteiger partial charge in [-0.2, -0.15) is 0 Å². The first kappa shape index (κ1) is 18.1. The highest BCUT2D eigenvalue weighted by Crippen LogP contribution is 2.03. The van der Waals surface area contributed by atoms with E-state index in [0.29, 0.717) is 0 Å². The molecule has 0 saturated carbocycles. The number of hydrogen-bond acceptors (Lipinski definition) is 4. The molecular formula is C15H19N3O5. The van der Waals surface area contributed by atoms with Crippen LogP contribution in [0.1, 0.15) is 12.5 Å². The van der Waals surface area contributed by atoms with Crippen molar-refractivity contribution in [1.29, 1.82) is 0 Å². The first-order valence-electron chi connectivity index (χ1n) is 6.95. The van der Waals surface area contributed by atoms with Crippen LogP contribution in [0.2, 0.25) is 0 Å². The molecule has 3 amide bonds. The number of carboxylic acids is 1. The van der Waals surface area contributed by atoms with Gasteiger partial charge in [-0.05, 0) is 5.56 Å². The minimum Gasteiger partial charge on any atom is -0.480 e. The van der Waals surface area contributed by atoms with E-state index in [0.717, 1.165) is 5.56 Å². The van der Waals surface area contributed by atoms with Crippen LogP contribution in [0.4, 0.5) is 0 Å². The molecule has 8 heteroatoms. The van der Waals surface area contributed by atoms with Crippen molar-refractivity contribution in [2.75, 3.05) is 13.1 Å². The monoisotopic (exact) mass is 321 g/mol. The molecular weight excluding hydrogens is 302 g/mol. The summed E-state index contributed by atoms with van der Waals surface area (Å²) in [5.74, 6) is -2.68. The van der Waals surface area contributed by atoms with E-state index in [9.17, 15) is 19.2 Å². The molecule has 0 aromatic heterocycles. The van der Waals surface area contributed by atoms with Crippen LogP contribution in [0.5, 0.6) is 0 Å². The molecule has 1 atom stereocenters. The number of nitrogens with one attached hydrogen (secondary N) is 3. The van der Waals surface area contributed by atoms with Crippen LogP contribution in [-0.2, 0) is 25.6 Å². The van der Waals surface area contributed by atoms with Crippen LogP contribution in [0, 0.1) is 0 Å². The fourth-order valence-electron chi connectivity index (χ4n) is 1.74. The van der Waals surface area contributed by atoms with Gasteiger partial charge in [0.25, 0.3) is 0 Å². The standard InChI is InChI=1S/C15H19N3O5/c1-10(19)16-8-13(20)17-9-14(21)18-12(15(22)23)7-11-5-3-2-4-6-11/h2-6,12H,7-9H2,1H3,(H,16,19)(H,17,20)(H,18,21)(H,22,23)/t12-/m0/s1. The van der Waals surface area contributed by atoms with E-state index < -0.39 is 23.8 Å². The molecule has 0 bridgehead atoms. The molecule has 124 valence electrons. The van der Waals surface area contributed by atoms with Crippen LogP contribution in [0.25, 0.3) is 0 Å². The first-order valence-corrected chi connectivity index (χ1v) is 6.95. The van der Waals surface area contributed by atoms with Crippen molar-refractivity contribution in [3.05, 3.63) is 35.9 Å². The molecule has 0 aliphatic heterocycles. The zero-order chi connectivity index (χ0) is 17.2.